The Morgan fingerprint density at radius 1 is 1.24 bits per heavy atom. The highest BCUT2D eigenvalue weighted by molar-refractivity contribution is 5.67. The van der Waals surface area contributed by atoms with Gasteiger partial charge in [-0.3, -0.25) is 18.7 Å². The number of nitrogens with zero attached hydrogens (tertiary/aromatic N) is 2. The summed E-state index contributed by atoms with van der Waals surface area (Å²) in [4.78, 5) is 34.5. The fraction of sp³-hybridized carbons (Fsp3) is 0.154. The fourth-order valence-electron chi connectivity index (χ4n) is 1.88. The van der Waals surface area contributed by atoms with E-state index in [1.54, 1.807) is 0 Å². The Kier molecular flexibility index (Phi) is 3.70. The first-order valence-corrected chi connectivity index (χ1v) is 5.79. The van der Waals surface area contributed by atoms with E-state index in [2.05, 4.69) is 0 Å². The molecule has 0 unspecified atom stereocenters. The van der Waals surface area contributed by atoms with E-state index in [-0.39, 0.29) is 11.1 Å². The zero-order chi connectivity index (χ0) is 15.7. The molecule has 1 N–H and O–H groups in total. The second kappa shape index (κ2) is 5.31. The SMILES string of the molecule is Cn1c(=O)c(-c2cccc(F)c2F)cn(CC(=O)O)c1=O. The van der Waals surface area contributed by atoms with Gasteiger partial charge in [-0.2, -0.15) is 0 Å². The molecule has 8 heteroatoms. The van der Waals surface area contributed by atoms with Crippen LogP contribution in [0.15, 0.2) is 34.0 Å². The highest BCUT2D eigenvalue weighted by Gasteiger charge is 2.17. The predicted molar refractivity (Wildman–Crippen MR) is 68.9 cm³/mol. The first-order valence-electron chi connectivity index (χ1n) is 5.79. The van der Waals surface area contributed by atoms with Crippen molar-refractivity contribution in [3.8, 4) is 11.1 Å². The van der Waals surface area contributed by atoms with Crippen molar-refractivity contribution >= 4 is 5.97 Å². The van der Waals surface area contributed by atoms with E-state index in [1.807, 2.05) is 0 Å². The normalized spacial score (nSPS) is 10.6. The van der Waals surface area contributed by atoms with E-state index >= 15 is 0 Å². The highest BCUT2D eigenvalue weighted by Crippen LogP contribution is 2.20. The molecule has 0 radical (unpaired) electrons. The second-order valence-corrected chi connectivity index (χ2v) is 4.31. The third kappa shape index (κ3) is 2.60. The van der Waals surface area contributed by atoms with Crippen LogP contribution in [0.5, 0.6) is 0 Å². The van der Waals surface area contributed by atoms with E-state index in [1.165, 1.54) is 12.1 Å². The number of carboxylic acids is 1. The molecule has 21 heavy (non-hydrogen) atoms. The maximum atomic E-state index is 13.8. The van der Waals surface area contributed by atoms with E-state index in [4.69, 9.17) is 5.11 Å². The zero-order valence-corrected chi connectivity index (χ0v) is 10.8. The molecular formula is C13H10F2N2O4. The lowest BCUT2D eigenvalue weighted by molar-refractivity contribution is -0.137. The molecule has 1 heterocycles. The van der Waals surface area contributed by atoms with E-state index < -0.39 is 35.4 Å². The van der Waals surface area contributed by atoms with Gasteiger partial charge in [-0.1, -0.05) is 12.1 Å². The lowest BCUT2D eigenvalue weighted by Gasteiger charge is -2.09. The average molecular weight is 296 g/mol. The predicted octanol–water partition coefficient (Wildman–Crippen LogP) is 0.577. The number of hydrogen-bond donors (Lipinski definition) is 1. The van der Waals surface area contributed by atoms with Gasteiger partial charge < -0.3 is 5.11 Å². The van der Waals surface area contributed by atoms with Crippen molar-refractivity contribution in [2.24, 2.45) is 7.05 Å². The first kappa shape index (κ1) is 14.6. The van der Waals surface area contributed by atoms with Crippen molar-refractivity contribution in [1.82, 2.24) is 9.13 Å². The highest BCUT2D eigenvalue weighted by atomic mass is 19.2. The second-order valence-electron chi connectivity index (χ2n) is 4.31. The Morgan fingerprint density at radius 2 is 1.90 bits per heavy atom. The van der Waals surface area contributed by atoms with E-state index in [0.29, 0.717) is 4.57 Å². The van der Waals surface area contributed by atoms with Crippen LogP contribution in [0.25, 0.3) is 11.1 Å². The van der Waals surface area contributed by atoms with Crippen molar-refractivity contribution < 1.29 is 18.7 Å². The molecule has 0 bridgehead atoms. The van der Waals surface area contributed by atoms with Crippen molar-refractivity contribution in [2.75, 3.05) is 0 Å². The van der Waals surface area contributed by atoms with Crippen LogP contribution in [-0.4, -0.2) is 20.2 Å². The summed E-state index contributed by atoms with van der Waals surface area (Å²) in [7, 11) is 1.13. The molecule has 1 aromatic carbocycles. The third-order valence-electron chi connectivity index (χ3n) is 2.90. The summed E-state index contributed by atoms with van der Waals surface area (Å²) < 4.78 is 28.4. The summed E-state index contributed by atoms with van der Waals surface area (Å²) in [5, 5.41) is 8.73. The molecule has 0 saturated carbocycles. The summed E-state index contributed by atoms with van der Waals surface area (Å²) >= 11 is 0. The number of halogens is 2. The molecule has 2 rings (SSSR count). The molecule has 0 aliphatic carbocycles. The smallest absolute Gasteiger partial charge is 0.331 e. The van der Waals surface area contributed by atoms with Crippen LogP contribution >= 0.6 is 0 Å². The standard InChI is InChI=1S/C13H10F2N2O4/c1-16-12(20)8(5-17(13(16)21)6-10(18)19)7-3-2-4-9(14)11(7)15/h2-5H,6H2,1H3,(H,18,19). The maximum absolute atomic E-state index is 13.8. The van der Waals surface area contributed by atoms with Gasteiger partial charge in [0.05, 0.1) is 5.56 Å². The van der Waals surface area contributed by atoms with Crippen molar-refractivity contribution in [3.63, 3.8) is 0 Å². The van der Waals surface area contributed by atoms with Crippen molar-refractivity contribution in [3.05, 3.63) is 56.9 Å². The number of rotatable bonds is 3. The van der Waals surface area contributed by atoms with Crippen LogP contribution in [-0.2, 0) is 18.4 Å². The van der Waals surface area contributed by atoms with Gasteiger partial charge in [-0.05, 0) is 6.07 Å². The molecule has 0 fully saturated rings. The summed E-state index contributed by atoms with van der Waals surface area (Å²) in [6.07, 6.45) is 0.913. The van der Waals surface area contributed by atoms with Gasteiger partial charge in [0.2, 0.25) is 0 Å². The number of aromatic nitrogens is 2. The average Bonchev–Trinajstić information content (AvgIpc) is 2.42. The quantitative estimate of drug-likeness (QED) is 0.898. The lowest BCUT2D eigenvalue weighted by atomic mass is 10.1. The van der Waals surface area contributed by atoms with Crippen LogP contribution in [0.2, 0.25) is 0 Å². The van der Waals surface area contributed by atoms with Gasteiger partial charge in [0, 0.05) is 18.8 Å². The molecule has 6 nitrogen and oxygen atoms in total. The number of benzene rings is 1. The molecule has 110 valence electrons. The summed E-state index contributed by atoms with van der Waals surface area (Å²) in [5.74, 6) is -3.69. The van der Waals surface area contributed by atoms with Crippen LogP contribution in [0.4, 0.5) is 8.78 Å². The van der Waals surface area contributed by atoms with Gasteiger partial charge in [0.1, 0.15) is 6.54 Å². The van der Waals surface area contributed by atoms with Crippen LogP contribution in [0.1, 0.15) is 0 Å². The molecule has 1 aromatic heterocycles. The number of carboxylic acid groups (broad SMARTS) is 1. The number of carbonyl (C=O) groups is 1. The van der Waals surface area contributed by atoms with Gasteiger partial charge in [0.15, 0.2) is 11.6 Å². The van der Waals surface area contributed by atoms with Crippen molar-refractivity contribution in [1.29, 1.82) is 0 Å². The van der Waals surface area contributed by atoms with Gasteiger partial charge >= 0.3 is 11.7 Å². The molecule has 0 spiro atoms. The van der Waals surface area contributed by atoms with Crippen LogP contribution < -0.4 is 11.2 Å². The third-order valence-corrected chi connectivity index (χ3v) is 2.90. The minimum absolute atomic E-state index is 0.296. The first-order chi connectivity index (χ1) is 9.82. The largest absolute Gasteiger partial charge is 0.480 e. The number of hydrogen-bond acceptors (Lipinski definition) is 3. The summed E-state index contributed by atoms with van der Waals surface area (Å²) in [5.41, 5.74) is -2.33. The molecular weight excluding hydrogens is 286 g/mol. The fourth-order valence-corrected chi connectivity index (χ4v) is 1.88. The lowest BCUT2D eigenvalue weighted by Crippen LogP contribution is -2.39. The van der Waals surface area contributed by atoms with E-state index in [9.17, 15) is 23.2 Å². The Morgan fingerprint density at radius 3 is 2.52 bits per heavy atom. The van der Waals surface area contributed by atoms with Crippen LogP contribution in [0, 0.1) is 11.6 Å². The summed E-state index contributed by atoms with van der Waals surface area (Å²) in [6, 6.07) is 3.27. The minimum atomic E-state index is -1.30. The monoisotopic (exact) mass is 296 g/mol. The van der Waals surface area contributed by atoms with Gasteiger partial charge in [0.25, 0.3) is 5.56 Å². The van der Waals surface area contributed by atoms with Crippen LogP contribution in [0.3, 0.4) is 0 Å². The van der Waals surface area contributed by atoms with E-state index in [0.717, 1.165) is 23.9 Å². The number of aliphatic carboxylic acids is 1. The zero-order valence-electron chi connectivity index (χ0n) is 10.8. The molecule has 2 aromatic rings. The topological polar surface area (TPSA) is 81.3 Å². The molecule has 0 amide bonds. The Balaban J connectivity index is 2.78. The summed E-state index contributed by atoms with van der Waals surface area (Å²) in [6.45, 7) is -0.698. The molecule has 0 atom stereocenters. The Hall–Kier alpha value is -2.77. The van der Waals surface area contributed by atoms with Gasteiger partial charge in [-0.15, -0.1) is 0 Å². The van der Waals surface area contributed by atoms with Gasteiger partial charge in [-0.25, -0.2) is 13.6 Å². The molecule has 0 saturated heterocycles. The Labute approximate surface area is 116 Å². The van der Waals surface area contributed by atoms with Crippen molar-refractivity contribution in [2.45, 2.75) is 6.54 Å². The molecule has 0 aliphatic rings. The maximum Gasteiger partial charge on any atom is 0.331 e. The Bertz CT molecular complexity index is 839. The molecule has 0 aliphatic heterocycles. The minimum Gasteiger partial charge on any atom is -0.480 e.